The monoisotopic (exact) mass is 146 g/mol. The number of H-pyrrole nitrogens is 1. The molecule has 0 saturated carbocycles. The number of nitrogens with one attached hydrogen (secondary N) is 1. The first-order valence-corrected chi connectivity index (χ1v) is 3.33. The number of allylic oxidation sites excluding steroid dienone is 2. The summed E-state index contributed by atoms with van der Waals surface area (Å²) in [6.07, 6.45) is 8.98. The molecule has 0 atom stereocenters. The average molecular weight is 146 g/mol. The van der Waals surface area contributed by atoms with Crippen LogP contribution >= 0.6 is 0 Å². The van der Waals surface area contributed by atoms with Crippen molar-refractivity contribution in [2.24, 2.45) is 0 Å². The fraction of sp³-hybridized carbons (Fsp3) is 0. The van der Waals surface area contributed by atoms with E-state index in [9.17, 15) is 0 Å². The van der Waals surface area contributed by atoms with Crippen LogP contribution in [0.5, 0.6) is 0 Å². The van der Waals surface area contributed by atoms with Crippen LogP contribution in [0.3, 0.4) is 0 Å². The van der Waals surface area contributed by atoms with Gasteiger partial charge in [0.15, 0.2) is 0 Å². The minimum atomic E-state index is 0.933. The van der Waals surface area contributed by atoms with Crippen molar-refractivity contribution in [1.82, 2.24) is 10.2 Å². The largest absolute Gasteiger partial charge is 0.278 e. The Morgan fingerprint density at radius 3 is 2.91 bits per heavy atom. The van der Waals surface area contributed by atoms with Gasteiger partial charge >= 0.3 is 0 Å². The summed E-state index contributed by atoms with van der Waals surface area (Å²) in [4.78, 5) is 0. The van der Waals surface area contributed by atoms with Gasteiger partial charge in [-0.3, -0.25) is 5.10 Å². The Kier molecular flexibility index (Phi) is 2.44. The number of aromatic amines is 1. The van der Waals surface area contributed by atoms with E-state index in [0.29, 0.717) is 0 Å². The molecule has 0 saturated heterocycles. The number of hydrogen-bond donors (Lipinski definition) is 1. The van der Waals surface area contributed by atoms with Crippen LogP contribution in [0, 0.1) is 0 Å². The third-order valence-corrected chi connectivity index (χ3v) is 1.32. The molecule has 0 aliphatic heterocycles. The molecule has 0 amide bonds. The molecule has 2 heteroatoms. The van der Waals surface area contributed by atoms with Gasteiger partial charge in [0, 0.05) is 5.56 Å². The molecule has 2 nitrogen and oxygen atoms in total. The second-order valence-corrected chi connectivity index (χ2v) is 2.04. The molecule has 0 bridgehead atoms. The molecule has 1 aromatic rings. The molecule has 1 heterocycles. The van der Waals surface area contributed by atoms with E-state index in [1.165, 1.54) is 0 Å². The third-order valence-electron chi connectivity index (χ3n) is 1.32. The molecule has 0 aliphatic carbocycles. The highest BCUT2D eigenvalue weighted by atomic mass is 15.1. The van der Waals surface area contributed by atoms with Crippen LogP contribution in [-0.4, -0.2) is 10.2 Å². The highest BCUT2D eigenvalue weighted by Crippen LogP contribution is 2.07. The SMILES string of the molecule is C=C/C=C/c1cn[nH]c1C=C. The molecule has 0 radical (unpaired) electrons. The van der Waals surface area contributed by atoms with Crippen molar-refractivity contribution in [1.29, 1.82) is 0 Å². The van der Waals surface area contributed by atoms with Crippen LogP contribution in [0.1, 0.15) is 11.3 Å². The standard InChI is InChI=1S/C9H10N2/c1-3-5-6-8-7-10-11-9(8)4-2/h3-7H,1-2H2,(H,10,11)/b6-5+. The van der Waals surface area contributed by atoms with E-state index in [1.54, 1.807) is 18.3 Å². The van der Waals surface area contributed by atoms with Gasteiger partial charge in [0.05, 0.1) is 11.9 Å². The third kappa shape index (κ3) is 1.67. The van der Waals surface area contributed by atoms with E-state index < -0.39 is 0 Å². The van der Waals surface area contributed by atoms with Crippen LogP contribution < -0.4 is 0 Å². The zero-order valence-electron chi connectivity index (χ0n) is 6.25. The molecule has 0 aliphatic rings. The van der Waals surface area contributed by atoms with Crippen molar-refractivity contribution in [3.8, 4) is 0 Å². The minimum absolute atomic E-state index is 0.933. The first-order chi connectivity index (χ1) is 5.38. The Labute approximate surface area is 65.9 Å². The molecule has 1 N–H and O–H groups in total. The summed E-state index contributed by atoms with van der Waals surface area (Å²) in [6, 6.07) is 0. The van der Waals surface area contributed by atoms with Crippen LogP contribution in [0.2, 0.25) is 0 Å². The number of hydrogen-bond acceptors (Lipinski definition) is 1. The predicted molar refractivity (Wildman–Crippen MR) is 47.9 cm³/mol. The van der Waals surface area contributed by atoms with Gasteiger partial charge < -0.3 is 0 Å². The average Bonchev–Trinajstić information content (AvgIpc) is 2.47. The highest BCUT2D eigenvalue weighted by molar-refractivity contribution is 5.61. The van der Waals surface area contributed by atoms with Crippen LogP contribution in [0.4, 0.5) is 0 Å². The van der Waals surface area contributed by atoms with E-state index in [2.05, 4.69) is 23.4 Å². The summed E-state index contributed by atoms with van der Waals surface area (Å²) in [7, 11) is 0. The van der Waals surface area contributed by atoms with Crippen molar-refractivity contribution >= 4 is 12.2 Å². The van der Waals surface area contributed by atoms with Crippen LogP contribution in [0.15, 0.2) is 31.5 Å². The maximum absolute atomic E-state index is 3.86. The quantitative estimate of drug-likeness (QED) is 0.651. The Morgan fingerprint density at radius 1 is 1.45 bits per heavy atom. The molecule has 0 unspecified atom stereocenters. The summed E-state index contributed by atoms with van der Waals surface area (Å²) < 4.78 is 0. The zero-order valence-corrected chi connectivity index (χ0v) is 6.25. The Hall–Kier alpha value is -1.57. The molecule has 1 rings (SSSR count). The van der Waals surface area contributed by atoms with Gasteiger partial charge in [-0.15, -0.1) is 0 Å². The summed E-state index contributed by atoms with van der Waals surface area (Å²) in [5.41, 5.74) is 1.96. The summed E-state index contributed by atoms with van der Waals surface area (Å²) in [6.45, 7) is 7.21. The van der Waals surface area contributed by atoms with Crippen molar-refractivity contribution in [2.45, 2.75) is 0 Å². The molecule has 0 spiro atoms. The van der Waals surface area contributed by atoms with Crippen LogP contribution in [-0.2, 0) is 0 Å². The smallest absolute Gasteiger partial charge is 0.0644 e. The second kappa shape index (κ2) is 3.56. The Bertz CT molecular complexity index is 282. The van der Waals surface area contributed by atoms with Crippen molar-refractivity contribution in [3.63, 3.8) is 0 Å². The Morgan fingerprint density at radius 2 is 2.27 bits per heavy atom. The molecule has 0 fully saturated rings. The van der Waals surface area contributed by atoms with Gasteiger partial charge in [-0.05, 0) is 6.08 Å². The maximum Gasteiger partial charge on any atom is 0.0644 e. The van der Waals surface area contributed by atoms with Crippen molar-refractivity contribution in [3.05, 3.63) is 42.8 Å². The van der Waals surface area contributed by atoms with Gasteiger partial charge in [0.25, 0.3) is 0 Å². The van der Waals surface area contributed by atoms with Gasteiger partial charge in [-0.2, -0.15) is 5.10 Å². The lowest BCUT2D eigenvalue weighted by atomic mass is 10.2. The van der Waals surface area contributed by atoms with Crippen molar-refractivity contribution in [2.75, 3.05) is 0 Å². The molecular weight excluding hydrogens is 136 g/mol. The van der Waals surface area contributed by atoms with Crippen LogP contribution in [0.25, 0.3) is 12.2 Å². The lowest BCUT2D eigenvalue weighted by Gasteiger charge is -1.86. The molecule has 1 aromatic heterocycles. The van der Waals surface area contributed by atoms with E-state index in [0.717, 1.165) is 11.3 Å². The van der Waals surface area contributed by atoms with E-state index in [-0.39, 0.29) is 0 Å². The number of nitrogens with zero attached hydrogens (tertiary/aromatic N) is 1. The zero-order chi connectivity index (χ0) is 8.10. The topological polar surface area (TPSA) is 28.7 Å². The fourth-order valence-electron chi connectivity index (χ4n) is 0.773. The lowest BCUT2D eigenvalue weighted by molar-refractivity contribution is 1.08. The highest BCUT2D eigenvalue weighted by Gasteiger charge is 1.94. The van der Waals surface area contributed by atoms with Gasteiger partial charge in [-0.25, -0.2) is 0 Å². The van der Waals surface area contributed by atoms with E-state index in [4.69, 9.17) is 0 Å². The number of aromatic nitrogens is 2. The van der Waals surface area contributed by atoms with Gasteiger partial charge in [0.2, 0.25) is 0 Å². The Balaban J connectivity index is 2.92. The van der Waals surface area contributed by atoms with E-state index >= 15 is 0 Å². The normalized spacial score (nSPS) is 10.2. The first kappa shape index (κ1) is 7.54. The summed E-state index contributed by atoms with van der Waals surface area (Å²) >= 11 is 0. The minimum Gasteiger partial charge on any atom is -0.278 e. The fourth-order valence-corrected chi connectivity index (χ4v) is 0.773. The van der Waals surface area contributed by atoms with E-state index in [1.807, 2.05) is 12.2 Å². The van der Waals surface area contributed by atoms with Gasteiger partial charge in [0.1, 0.15) is 0 Å². The summed E-state index contributed by atoms with van der Waals surface area (Å²) in [5, 5.41) is 6.67. The van der Waals surface area contributed by atoms with Gasteiger partial charge in [-0.1, -0.05) is 31.4 Å². The first-order valence-electron chi connectivity index (χ1n) is 3.33. The van der Waals surface area contributed by atoms with Crippen molar-refractivity contribution < 1.29 is 0 Å². The lowest BCUT2D eigenvalue weighted by Crippen LogP contribution is -1.73. The molecule has 11 heavy (non-hydrogen) atoms. The molecule has 0 aromatic carbocycles. The second-order valence-electron chi connectivity index (χ2n) is 2.04. The maximum atomic E-state index is 3.86. The number of rotatable bonds is 3. The molecule has 56 valence electrons. The summed E-state index contributed by atoms with van der Waals surface area (Å²) in [5.74, 6) is 0. The predicted octanol–water partition coefficient (Wildman–Crippen LogP) is 2.25. The molecular formula is C9H10N2.